The minimum absolute atomic E-state index is 1.12. The summed E-state index contributed by atoms with van der Waals surface area (Å²) in [6.07, 6.45) is 3.71. The Kier molecular flexibility index (Phi) is 2.19. The standard InChI is InChI=1S/C10H9BrN2/c1-7-4-8(2-3-10(7)11)9-5-12-13-6-9/h2-6H,1H3,(H,12,13). The van der Waals surface area contributed by atoms with Gasteiger partial charge in [-0.05, 0) is 24.1 Å². The van der Waals surface area contributed by atoms with Crippen molar-refractivity contribution in [3.63, 3.8) is 0 Å². The molecule has 0 bridgehead atoms. The van der Waals surface area contributed by atoms with E-state index in [1.807, 2.05) is 12.4 Å². The van der Waals surface area contributed by atoms with Gasteiger partial charge in [0, 0.05) is 16.2 Å². The Balaban J connectivity index is 2.49. The second-order valence-electron chi connectivity index (χ2n) is 2.95. The van der Waals surface area contributed by atoms with Crippen molar-refractivity contribution in [3.05, 3.63) is 40.6 Å². The van der Waals surface area contributed by atoms with Crippen LogP contribution in [0.15, 0.2) is 35.1 Å². The molecule has 1 heterocycles. The molecule has 2 nitrogen and oxygen atoms in total. The largest absolute Gasteiger partial charge is 0.285 e. The molecular weight excluding hydrogens is 228 g/mol. The molecule has 0 aliphatic carbocycles. The van der Waals surface area contributed by atoms with Gasteiger partial charge in [-0.15, -0.1) is 0 Å². The second kappa shape index (κ2) is 3.34. The Bertz CT molecular complexity index is 407. The maximum Gasteiger partial charge on any atom is 0.0565 e. The number of aryl methyl sites for hydroxylation is 1. The summed E-state index contributed by atoms with van der Waals surface area (Å²) in [6, 6.07) is 6.26. The fourth-order valence-corrected chi connectivity index (χ4v) is 1.48. The van der Waals surface area contributed by atoms with Crippen molar-refractivity contribution >= 4 is 15.9 Å². The molecule has 1 N–H and O–H groups in total. The highest BCUT2D eigenvalue weighted by Gasteiger charge is 2.00. The number of benzene rings is 1. The fraction of sp³-hybridized carbons (Fsp3) is 0.100. The van der Waals surface area contributed by atoms with E-state index in [0.29, 0.717) is 0 Å². The molecule has 0 atom stereocenters. The lowest BCUT2D eigenvalue weighted by Gasteiger charge is -2.00. The Labute approximate surface area is 85.1 Å². The van der Waals surface area contributed by atoms with Gasteiger partial charge in [-0.25, -0.2) is 0 Å². The molecule has 66 valence electrons. The molecule has 0 fully saturated rings. The topological polar surface area (TPSA) is 28.7 Å². The number of nitrogens with zero attached hydrogens (tertiary/aromatic N) is 1. The van der Waals surface area contributed by atoms with Gasteiger partial charge >= 0.3 is 0 Å². The minimum atomic E-state index is 1.12. The summed E-state index contributed by atoms with van der Waals surface area (Å²) in [7, 11) is 0. The summed E-state index contributed by atoms with van der Waals surface area (Å²) >= 11 is 3.47. The molecule has 0 saturated carbocycles. The number of hydrogen-bond donors (Lipinski definition) is 1. The molecular formula is C10H9BrN2. The molecule has 1 aromatic carbocycles. The summed E-state index contributed by atoms with van der Waals surface area (Å²) in [5.41, 5.74) is 3.55. The number of rotatable bonds is 1. The Morgan fingerprint density at radius 2 is 2.15 bits per heavy atom. The van der Waals surface area contributed by atoms with Crippen LogP contribution >= 0.6 is 15.9 Å². The summed E-state index contributed by atoms with van der Waals surface area (Å²) in [5.74, 6) is 0. The summed E-state index contributed by atoms with van der Waals surface area (Å²) in [6.45, 7) is 2.08. The van der Waals surface area contributed by atoms with Crippen LogP contribution in [-0.2, 0) is 0 Å². The Morgan fingerprint density at radius 3 is 2.77 bits per heavy atom. The summed E-state index contributed by atoms with van der Waals surface area (Å²) in [4.78, 5) is 0. The van der Waals surface area contributed by atoms with Crippen LogP contribution < -0.4 is 0 Å². The van der Waals surface area contributed by atoms with E-state index in [1.165, 1.54) is 11.1 Å². The number of H-pyrrole nitrogens is 1. The van der Waals surface area contributed by atoms with E-state index in [-0.39, 0.29) is 0 Å². The van der Waals surface area contributed by atoms with Crippen molar-refractivity contribution in [2.75, 3.05) is 0 Å². The summed E-state index contributed by atoms with van der Waals surface area (Å²) in [5, 5.41) is 6.71. The van der Waals surface area contributed by atoms with Gasteiger partial charge in [0.25, 0.3) is 0 Å². The zero-order valence-corrected chi connectivity index (χ0v) is 8.80. The van der Waals surface area contributed by atoms with Crippen LogP contribution in [0, 0.1) is 6.92 Å². The van der Waals surface area contributed by atoms with Gasteiger partial charge in [0.2, 0.25) is 0 Å². The Morgan fingerprint density at radius 1 is 1.31 bits per heavy atom. The molecule has 0 unspecified atom stereocenters. The van der Waals surface area contributed by atoms with Crippen molar-refractivity contribution in [2.45, 2.75) is 6.92 Å². The zero-order chi connectivity index (χ0) is 9.26. The number of nitrogens with one attached hydrogen (secondary N) is 1. The Hall–Kier alpha value is -1.09. The van der Waals surface area contributed by atoms with Crippen LogP contribution in [0.4, 0.5) is 0 Å². The van der Waals surface area contributed by atoms with Crippen LogP contribution in [0.1, 0.15) is 5.56 Å². The van der Waals surface area contributed by atoms with Crippen molar-refractivity contribution < 1.29 is 0 Å². The van der Waals surface area contributed by atoms with Crippen molar-refractivity contribution in [2.24, 2.45) is 0 Å². The van der Waals surface area contributed by atoms with E-state index in [9.17, 15) is 0 Å². The van der Waals surface area contributed by atoms with Crippen molar-refractivity contribution in [1.82, 2.24) is 10.2 Å². The van der Waals surface area contributed by atoms with Gasteiger partial charge in [0.1, 0.15) is 0 Å². The fourth-order valence-electron chi connectivity index (χ4n) is 1.23. The first kappa shape index (κ1) is 8.51. The molecule has 0 saturated heterocycles. The van der Waals surface area contributed by atoms with Gasteiger partial charge in [-0.2, -0.15) is 5.10 Å². The van der Waals surface area contributed by atoms with Gasteiger partial charge in [0.15, 0.2) is 0 Å². The average molecular weight is 237 g/mol. The lowest BCUT2D eigenvalue weighted by molar-refractivity contribution is 1.09. The molecule has 13 heavy (non-hydrogen) atoms. The van der Waals surface area contributed by atoms with E-state index >= 15 is 0 Å². The highest BCUT2D eigenvalue weighted by molar-refractivity contribution is 9.10. The zero-order valence-electron chi connectivity index (χ0n) is 7.21. The summed E-state index contributed by atoms with van der Waals surface area (Å²) < 4.78 is 1.14. The molecule has 0 aliphatic rings. The lowest BCUT2D eigenvalue weighted by atomic mass is 10.1. The van der Waals surface area contributed by atoms with Crippen LogP contribution in [0.2, 0.25) is 0 Å². The molecule has 2 rings (SSSR count). The molecule has 2 aromatic rings. The maximum atomic E-state index is 3.91. The average Bonchev–Trinajstić information content (AvgIpc) is 2.62. The van der Waals surface area contributed by atoms with Crippen molar-refractivity contribution in [1.29, 1.82) is 0 Å². The van der Waals surface area contributed by atoms with Gasteiger partial charge in [-0.3, -0.25) is 5.10 Å². The van der Waals surface area contributed by atoms with Crippen LogP contribution in [0.25, 0.3) is 11.1 Å². The van der Waals surface area contributed by atoms with E-state index in [0.717, 1.165) is 10.0 Å². The third-order valence-corrected chi connectivity index (χ3v) is 2.88. The molecule has 3 heteroatoms. The van der Waals surface area contributed by atoms with E-state index in [1.54, 1.807) is 0 Å². The van der Waals surface area contributed by atoms with Gasteiger partial charge < -0.3 is 0 Å². The first-order valence-electron chi connectivity index (χ1n) is 4.02. The quantitative estimate of drug-likeness (QED) is 0.810. The van der Waals surface area contributed by atoms with E-state index < -0.39 is 0 Å². The van der Waals surface area contributed by atoms with Gasteiger partial charge in [0.05, 0.1) is 6.20 Å². The first-order valence-corrected chi connectivity index (χ1v) is 4.82. The number of aromatic amines is 1. The monoisotopic (exact) mass is 236 g/mol. The van der Waals surface area contributed by atoms with Crippen molar-refractivity contribution in [3.8, 4) is 11.1 Å². The number of hydrogen-bond acceptors (Lipinski definition) is 1. The predicted octanol–water partition coefficient (Wildman–Crippen LogP) is 3.15. The number of halogens is 1. The normalized spacial score (nSPS) is 10.3. The third kappa shape index (κ3) is 1.65. The second-order valence-corrected chi connectivity index (χ2v) is 3.81. The first-order chi connectivity index (χ1) is 6.27. The van der Waals surface area contributed by atoms with Crippen LogP contribution in [0.3, 0.4) is 0 Å². The smallest absolute Gasteiger partial charge is 0.0565 e. The molecule has 0 spiro atoms. The van der Waals surface area contributed by atoms with Gasteiger partial charge in [-0.1, -0.05) is 28.1 Å². The van der Waals surface area contributed by atoms with Crippen LogP contribution in [-0.4, -0.2) is 10.2 Å². The number of aromatic nitrogens is 2. The highest BCUT2D eigenvalue weighted by atomic mass is 79.9. The third-order valence-electron chi connectivity index (χ3n) is 1.99. The minimum Gasteiger partial charge on any atom is -0.285 e. The van der Waals surface area contributed by atoms with Crippen LogP contribution in [0.5, 0.6) is 0 Å². The predicted molar refractivity (Wildman–Crippen MR) is 56.5 cm³/mol. The van der Waals surface area contributed by atoms with E-state index in [2.05, 4.69) is 51.3 Å². The molecule has 0 amide bonds. The highest BCUT2D eigenvalue weighted by Crippen LogP contribution is 2.23. The molecule has 1 aromatic heterocycles. The molecule has 0 aliphatic heterocycles. The SMILES string of the molecule is Cc1cc(-c2cn[nH]c2)ccc1Br. The van der Waals surface area contributed by atoms with E-state index in [4.69, 9.17) is 0 Å². The maximum absolute atomic E-state index is 3.91. The molecule has 0 radical (unpaired) electrons. The lowest BCUT2D eigenvalue weighted by Crippen LogP contribution is -1.78.